The number of nitrogens with zero attached hydrogens (tertiary/aromatic N) is 2. The maximum atomic E-state index is 12.4. The highest BCUT2D eigenvalue weighted by Gasteiger charge is 2.30. The van der Waals surface area contributed by atoms with Gasteiger partial charge in [-0.25, -0.2) is 0 Å². The molecule has 0 radical (unpaired) electrons. The maximum absolute atomic E-state index is 12.4. The van der Waals surface area contributed by atoms with Crippen LogP contribution in [-0.2, 0) is 24.2 Å². The van der Waals surface area contributed by atoms with Crippen LogP contribution in [0.2, 0.25) is 0 Å². The molecule has 0 amide bonds. The smallest absolute Gasteiger partial charge is 0.143 e. The lowest BCUT2D eigenvalue weighted by molar-refractivity contribution is -0.122. The minimum atomic E-state index is 0.150. The van der Waals surface area contributed by atoms with Gasteiger partial charge in [-0.1, -0.05) is 6.92 Å². The molecule has 2 atom stereocenters. The van der Waals surface area contributed by atoms with Gasteiger partial charge in [0.15, 0.2) is 0 Å². The van der Waals surface area contributed by atoms with E-state index in [1.807, 2.05) is 4.68 Å². The quantitative estimate of drug-likeness (QED) is 0.902. The number of aryl methyl sites for hydroxylation is 2. The molecular formula is C14H22BrN3O. The number of aromatic nitrogens is 2. The van der Waals surface area contributed by atoms with Gasteiger partial charge in [0.2, 0.25) is 0 Å². The summed E-state index contributed by atoms with van der Waals surface area (Å²) in [6, 6.07) is 0.301. The van der Waals surface area contributed by atoms with E-state index in [9.17, 15) is 4.79 Å². The fraction of sp³-hybridized carbons (Fsp3) is 0.714. The summed E-state index contributed by atoms with van der Waals surface area (Å²) < 4.78 is 2.97. The third-order valence-electron chi connectivity index (χ3n) is 3.97. The molecule has 2 rings (SSSR count). The van der Waals surface area contributed by atoms with E-state index in [1.54, 1.807) is 0 Å². The molecule has 106 valence electrons. The van der Waals surface area contributed by atoms with Gasteiger partial charge in [0.25, 0.3) is 0 Å². The number of rotatable bonds is 5. The van der Waals surface area contributed by atoms with Crippen LogP contribution in [0.15, 0.2) is 4.47 Å². The Balaban J connectivity index is 2.18. The van der Waals surface area contributed by atoms with Crippen molar-refractivity contribution in [3.8, 4) is 0 Å². The number of carbonyl (C=O) groups excluding carboxylic acids is 1. The molecule has 0 spiro atoms. The van der Waals surface area contributed by atoms with Crippen molar-refractivity contribution in [2.45, 2.75) is 52.6 Å². The molecule has 2 unspecified atom stereocenters. The van der Waals surface area contributed by atoms with Crippen LogP contribution in [0.4, 0.5) is 0 Å². The minimum Gasteiger partial charge on any atom is -0.314 e. The number of hydrogen-bond donors (Lipinski definition) is 1. The van der Waals surface area contributed by atoms with Gasteiger partial charge in [-0.3, -0.25) is 9.48 Å². The number of hydrogen-bond acceptors (Lipinski definition) is 3. The van der Waals surface area contributed by atoms with Gasteiger partial charge in [0.1, 0.15) is 5.78 Å². The van der Waals surface area contributed by atoms with Crippen LogP contribution in [0.5, 0.6) is 0 Å². The average molecular weight is 328 g/mol. The van der Waals surface area contributed by atoms with Crippen LogP contribution < -0.4 is 5.32 Å². The van der Waals surface area contributed by atoms with Crippen LogP contribution in [0.25, 0.3) is 0 Å². The first-order chi connectivity index (χ1) is 9.08. The molecule has 1 aromatic heterocycles. The number of nitrogens with one attached hydrogen (secondary N) is 1. The highest BCUT2D eigenvalue weighted by atomic mass is 79.9. The number of Topliss-reactive ketones (excluding diaryl/α,β-unsaturated/α-hetero) is 1. The standard InChI is InChI=1S/C14H22BrN3O/c1-4-11-14(15)12(18(5-2)17-11)8-13(19)10-6-7-16-9(10)3/h9-10,16H,4-8H2,1-3H3. The Bertz CT molecular complexity index is 470. The predicted molar refractivity (Wildman–Crippen MR) is 79.3 cm³/mol. The third-order valence-corrected chi connectivity index (χ3v) is 4.89. The van der Waals surface area contributed by atoms with Crippen molar-refractivity contribution in [1.82, 2.24) is 15.1 Å². The van der Waals surface area contributed by atoms with E-state index in [0.717, 1.165) is 41.8 Å². The largest absolute Gasteiger partial charge is 0.314 e. The fourth-order valence-corrected chi connectivity index (χ4v) is 3.49. The lowest BCUT2D eigenvalue weighted by atomic mass is 9.94. The summed E-state index contributed by atoms with van der Waals surface area (Å²) in [5.41, 5.74) is 2.07. The summed E-state index contributed by atoms with van der Waals surface area (Å²) in [6.45, 7) is 8.00. The Morgan fingerprint density at radius 1 is 1.53 bits per heavy atom. The van der Waals surface area contributed by atoms with Crippen molar-refractivity contribution >= 4 is 21.7 Å². The van der Waals surface area contributed by atoms with Crippen molar-refractivity contribution in [1.29, 1.82) is 0 Å². The average Bonchev–Trinajstić information content (AvgIpc) is 2.95. The van der Waals surface area contributed by atoms with E-state index in [0.29, 0.717) is 18.2 Å². The molecular weight excluding hydrogens is 306 g/mol. The van der Waals surface area contributed by atoms with Crippen molar-refractivity contribution < 1.29 is 4.79 Å². The van der Waals surface area contributed by atoms with Crippen molar-refractivity contribution in [3.05, 3.63) is 15.9 Å². The van der Waals surface area contributed by atoms with Gasteiger partial charge in [-0.15, -0.1) is 0 Å². The van der Waals surface area contributed by atoms with E-state index in [2.05, 4.69) is 47.1 Å². The molecule has 0 bridgehead atoms. The second-order valence-electron chi connectivity index (χ2n) is 5.16. The van der Waals surface area contributed by atoms with E-state index < -0.39 is 0 Å². The van der Waals surface area contributed by atoms with Crippen LogP contribution in [0.3, 0.4) is 0 Å². The van der Waals surface area contributed by atoms with Crippen LogP contribution in [0.1, 0.15) is 38.6 Å². The van der Waals surface area contributed by atoms with Crippen LogP contribution >= 0.6 is 15.9 Å². The van der Waals surface area contributed by atoms with E-state index in [1.165, 1.54) is 0 Å². The molecule has 4 nitrogen and oxygen atoms in total. The Morgan fingerprint density at radius 2 is 2.26 bits per heavy atom. The molecule has 5 heteroatoms. The summed E-state index contributed by atoms with van der Waals surface area (Å²) in [4.78, 5) is 12.4. The molecule has 1 aromatic rings. The fourth-order valence-electron chi connectivity index (χ4n) is 2.78. The molecule has 0 aliphatic carbocycles. The summed E-state index contributed by atoms with van der Waals surface area (Å²) in [6.07, 6.45) is 2.33. The van der Waals surface area contributed by atoms with Gasteiger partial charge in [-0.05, 0) is 49.2 Å². The highest BCUT2D eigenvalue weighted by Crippen LogP contribution is 2.25. The van der Waals surface area contributed by atoms with Crippen LogP contribution in [0, 0.1) is 5.92 Å². The molecule has 0 saturated carbocycles. The molecule has 1 aliphatic heterocycles. The van der Waals surface area contributed by atoms with E-state index in [-0.39, 0.29) is 5.92 Å². The normalized spacial score (nSPS) is 22.9. The first-order valence-electron chi connectivity index (χ1n) is 7.08. The Morgan fingerprint density at radius 3 is 2.79 bits per heavy atom. The van der Waals surface area contributed by atoms with Crippen molar-refractivity contribution in [3.63, 3.8) is 0 Å². The van der Waals surface area contributed by atoms with Gasteiger partial charge >= 0.3 is 0 Å². The molecule has 0 aromatic carbocycles. The molecule has 1 fully saturated rings. The molecule has 19 heavy (non-hydrogen) atoms. The zero-order valence-electron chi connectivity index (χ0n) is 11.9. The Hall–Kier alpha value is -0.680. The van der Waals surface area contributed by atoms with Crippen LogP contribution in [-0.4, -0.2) is 28.2 Å². The topological polar surface area (TPSA) is 46.9 Å². The molecule has 1 N–H and O–H groups in total. The second-order valence-corrected chi connectivity index (χ2v) is 5.95. The number of halogens is 1. The SMILES string of the molecule is CCc1nn(CC)c(CC(=O)C2CCNC2C)c1Br. The maximum Gasteiger partial charge on any atom is 0.143 e. The highest BCUT2D eigenvalue weighted by molar-refractivity contribution is 9.10. The lowest BCUT2D eigenvalue weighted by Gasteiger charge is -2.14. The lowest BCUT2D eigenvalue weighted by Crippen LogP contribution is -2.29. The van der Waals surface area contributed by atoms with Crippen molar-refractivity contribution in [2.24, 2.45) is 5.92 Å². The first-order valence-corrected chi connectivity index (χ1v) is 7.87. The summed E-state index contributed by atoms with van der Waals surface area (Å²) in [7, 11) is 0. The van der Waals surface area contributed by atoms with Gasteiger partial charge < -0.3 is 5.32 Å². The minimum absolute atomic E-state index is 0.150. The van der Waals surface area contributed by atoms with Gasteiger partial charge in [0.05, 0.1) is 15.9 Å². The summed E-state index contributed by atoms with van der Waals surface area (Å²) >= 11 is 3.60. The number of carbonyl (C=O) groups is 1. The molecule has 1 aliphatic rings. The Labute approximate surface area is 123 Å². The van der Waals surface area contributed by atoms with E-state index in [4.69, 9.17) is 0 Å². The molecule has 1 saturated heterocycles. The third kappa shape index (κ3) is 2.92. The van der Waals surface area contributed by atoms with Gasteiger partial charge in [0, 0.05) is 24.9 Å². The van der Waals surface area contributed by atoms with Crippen molar-refractivity contribution in [2.75, 3.05) is 6.54 Å². The zero-order valence-corrected chi connectivity index (χ0v) is 13.5. The predicted octanol–water partition coefficient (Wildman–Crippen LogP) is 2.34. The summed E-state index contributed by atoms with van der Waals surface area (Å²) in [5, 5.41) is 7.89. The summed E-state index contributed by atoms with van der Waals surface area (Å²) in [5.74, 6) is 0.479. The number of ketones is 1. The van der Waals surface area contributed by atoms with Gasteiger partial charge in [-0.2, -0.15) is 5.10 Å². The molecule has 2 heterocycles. The second kappa shape index (κ2) is 6.18. The Kier molecular flexibility index (Phi) is 4.79. The zero-order chi connectivity index (χ0) is 14.0. The first kappa shape index (κ1) is 14.7. The monoisotopic (exact) mass is 327 g/mol. The van der Waals surface area contributed by atoms with E-state index >= 15 is 0 Å².